The molecule has 142 valence electrons. The molecule has 0 saturated heterocycles. The molecule has 1 heterocycles. The molecule has 0 aliphatic heterocycles. The molecular weight excluding hydrogens is 393 g/mol. The van der Waals surface area contributed by atoms with Gasteiger partial charge in [0.2, 0.25) is 0 Å². The van der Waals surface area contributed by atoms with Crippen molar-refractivity contribution in [3.05, 3.63) is 98.5 Å². The SMILES string of the molecule is Clc1ccc(COC(Cn2ccnc2)c2ccccc2Cl)cc1.O=[N+]([O-])O. The second-order valence-corrected chi connectivity index (χ2v) is 6.29. The summed E-state index contributed by atoms with van der Waals surface area (Å²) in [5, 5.41) is 15.1. The molecule has 27 heavy (non-hydrogen) atoms. The van der Waals surface area contributed by atoms with Crippen molar-refractivity contribution in [2.75, 3.05) is 0 Å². The third-order valence-corrected chi connectivity index (χ3v) is 4.15. The summed E-state index contributed by atoms with van der Waals surface area (Å²) in [6.07, 6.45) is 5.28. The van der Waals surface area contributed by atoms with E-state index in [0.717, 1.165) is 16.1 Å². The molecule has 0 aliphatic rings. The zero-order chi connectivity index (χ0) is 19.6. The lowest BCUT2D eigenvalue weighted by Gasteiger charge is -2.20. The lowest BCUT2D eigenvalue weighted by molar-refractivity contribution is -0.742. The number of halogens is 2. The van der Waals surface area contributed by atoms with Crippen LogP contribution in [0.5, 0.6) is 0 Å². The zero-order valence-electron chi connectivity index (χ0n) is 14.1. The average molecular weight is 410 g/mol. The maximum absolute atomic E-state index is 8.36. The Kier molecular flexibility index (Phi) is 8.06. The van der Waals surface area contributed by atoms with Crippen molar-refractivity contribution in [1.82, 2.24) is 9.55 Å². The fourth-order valence-electron chi connectivity index (χ4n) is 2.34. The van der Waals surface area contributed by atoms with Gasteiger partial charge in [-0.3, -0.25) is 0 Å². The Morgan fingerprint density at radius 3 is 2.44 bits per heavy atom. The van der Waals surface area contributed by atoms with Gasteiger partial charge in [-0.25, -0.2) is 4.98 Å². The van der Waals surface area contributed by atoms with Crippen molar-refractivity contribution < 1.29 is 15.0 Å². The van der Waals surface area contributed by atoms with Crippen molar-refractivity contribution in [2.24, 2.45) is 0 Å². The predicted molar refractivity (Wildman–Crippen MR) is 101 cm³/mol. The number of aromatic nitrogens is 2. The Hall–Kier alpha value is -2.61. The van der Waals surface area contributed by atoms with Gasteiger partial charge in [0, 0.05) is 28.0 Å². The average Bonchev–Trinajstić information content (AvgIpc) is 3.13. The van der Waals surface area contributed by atoms with E-state index in [0.29, 0.717) is 18.2 Å². The highest BCUT2D eigenvalue weighted by molar-refractivity contribution is 6.31. The fraction of sp³-hybridized carbons (Fsp3) is 0.167. The van der Waals surface area contributed by atoms with Crippen molar-refractivity contribution in [3.63, 3.8) is 0 Å². The summed E-state index contributed by atoms with van der Waals surface area (Å²) < 4.78 is 8.11. The molecule has 3 aromatic rings. The van der Waals surface area contributed by atoms with E-state index in [-0.39, 0.29) is 6.10 Å². The smallest absolute Gasteiger partial charge is 0.291 e. The van der Waals surface area contributed by atoms with E-state index in [4.69, 9.17) is 43.3 Å². The molecule has 0 spiro atoms. The van der Waals surface area contributed by atoms with Crippen LogP contribution in [0.25, 0.3) is 0 Å². The minimum absolute atomic E-state index is 0.159. The minimum Gasteiger partial charge on any atom is -0.367 e. The van der Waals surface area contributed by atoms with Gasteiger partial charge in [-0.1, -0.05) is 53.5 Å². The normalized spacial score (nSPS) is 11.3. The number of hydrogen-bond acceptors (Lipinski definition) is 4. The summed E-state index contributed by atoms with van der Waals surface area (Å²) in [4.78, 5) is 12.4. The molecular formula is C18H17Cl2N3O4. The van der Waals surface area contributed by atoms with Crippen LogP contribution in [-0.4, -0.2) is 19.8 Å². The van der Waals surface area contributed by atoms with Crippen LogP contribution in [0.2, 0.25) is 10.0 Å². The summed E-state index contributed by atoms with van der Waals surface area (Å²) in [6.45, 7) is 1.14. The highest BCUT2D eigenvalue weighted by Crippen LogP contribution is 2.28. The summed E-state index contributed by atoms with van der Waals surface area (Å²) in [6, 6.07) is 15.4. The molecule has 0 saturated carbocycles. The van der Waals surface area contributed by atoms with Crippen LogP contribution in [-0.2, 0) is 17.9 Å². The fourth-order valence-corrected chi connectivity index (χ4v) is 2.72. The maximum atomic E-state index is 8.36. The number of hydrogen-bond donors (Lipinski definition) is 1. The maximum Gasteiger partial charge on any atom is 0.291 e. The Morgan fingerprint density at radius 2 is 1.85 bits per heavy atom. The molecule has 0 amide bonds. The van der Waals surface area contributed by atoms with Crippen LogP contribution in [0, 0.1) is 10.1 Å². The largest absolute Gasteiger partial charge is 0.367 e. The number of imidazole rings is 1. The van der Waals surface area contributed by atoms with Gasteiger partial charge in [0.25, 0.3) is 5.09 Å². The minimum atomic E-state index is -1.50. The molecule has 0 fully saturated rings. The van der Waals surface area contributed by atoms with Gasteiger partial charge in [0.15, 0.2) is 0 Å². The molecule has 7 nitrogen and oxygen atoms in total. The quantitative estimate of drug-likeness (QED) is 0.466. The van der Waals surface area contributed by atoms with E-state index in [2.05, 4.69) is 4.98 Å². The summed E-state index contributed by atoms with van der Waals surface area (Å²) >= 11 is 12.3. The van der Waals surface area contributed by atoms with E-state index in [9.17, 15) is 0 Å². The predicted octanol–water partition coefficient (Wildman–Crippen LogP) is 4.80. The van der Waals surface area contributed by atoms with Crippen LogP contribution in [0.1, 0.15) is 17.2 Å². The standard InChI is InChI=1S/C18H16Cl2N2O.HNO3/c19-15-7-5-14(6-8-15)12-23-18(11-22-10-9-21-13-22)16-3-1-2-4-17(16)20;2-1(3)4/h1-10,13,18H,11-12H2;(H,2,3,4). The topological polar surface area (TPSA) is 90.4 Å². The molecule has 0 aliphatic carbocycles. The van der Waals surface area contributed by atoms with Crippen molar-refractivity contribution >= 4 is 23.2 Å². The van der Waals surface area contributed by atoms with Gasteiger partial charge in [0.05, 0.1) is 19.5 Å². The van der Waals surface area contributed by atoms with Crippen molar-refractivity contribution in [2.45, 2.75) is 19.3 Å². The third-order valence-electron chi connectivity index (χ3n) is 3.55. The molecule has 9 heteroatoms. The van der Waals surface area contributed by atoms with Crippen molar-refractivity contribution in [3.8, 4) is 0 Å². The van der Waals surface area contributed by atoms with Crippen LogP contribution < -0.4 is 0 Å². The molecule has 1 aromatic heterocycles. The molecule has 0 bridgehead atoms. The lowest BCUT2D eigenvalue weighted by Crippen LogP contribution is -2.12. The number of benzene rings is 2. The number of nitrogens with zero attached hydrogens (tertiary/aromatic N) is 3. The van der Waals surface area contributed by atoms with E-state index in [1.807, 2.05) is 59.3 Å². The van der Waals surface area contributed by atoms with E-state index in [1.165, 1.54) is 0 Å². The first-order valence-corrected chi connectivity index (χ1v) is 8.60. The van der Waals surface area contributed by atoms with Crippen LogP contribution in [0.4, 0.5) is 0 Å². The first-order chi connectivity index (χ1) is 13.0. The van der Waals surface area contributed by atoms with Gasteiger partial charge < -0.3 is 14.5 Å². The van der Waals surface area contributed by atoms with E-state index < -0.39 is 5.09 Å². The first kappa shape index (κ1) is 20.7. The van der Waals surface area contributed by atoms with Gasteiger partial charge in [-0.15, -0.1) is 10.1 Å². The first-order valence-electron chi connectivity index (χ1n) is 7.85. The molecule has 3 rings (SSSR count). The van der Waals surface area contributed by atoms with Crippen molar-refractivity contribution in [1.29, 1.82) is 0 Å². The van der Waals surface area contributed by atoms with Gasteiger partial charge in [-0.05, 0) is 23.8 Å². The van der Waals surface area contributed by atoms with Crippen LogP contribution in [0.15, 0.2) is 67.3 Å². The van der Waals surface area contributed by atoms with E-state index in [1.54, 1.807) is 12.5 Å². The van der Waals surface area contributed by atoms with Gasteiger partial charge in [0.1, 0.15) is 6.10 Å². The number of ether oxygens (including phenoxy) is 1. The molecule has 1 atom stereocenters. The summed E-state index contributed by atoms with van der Waals surface area (Å²) in [7, 11) is 0. The Bertz CT molecular complexity index is 838. The number of rotatable bonds is 6. The molecule has 2 aromatic carbocycles. The summed E-state index contributed by atoms with van der Waals surface area (Å²) in [5.74, 6) is 0. The lowest BCUT2D eigenvalue weighted by atomic mass is 10.1. The second kappa shape index (κ2) is 10.5. The van der Waals surface area contributed by atoms with Crippen LogP contribution >= 0.6 is 23.2 Å². The zero-order valence-corrected chi connectivity index (χ0v) is 15.6. The van der Waals surface area contributed by atoms with Crippen LogP contribution in [0.3, 0.4) is 0 Å². The Balaban J connectivity index is 0.000000596. The Morgan fingerprint density at radius 1 is 1.19 bits per heavy atom. The Labute approximate surface area is 165 Å². The third kappa shape index (κ3) is 7.26. The molecule has 1 unspecified atom stereocenters. The van der Waals surface area contributed by atoms with Gasteiger partial charge in [-0.2, -0.15) is 0 Å². The molecule has 1 N–H and O–H groups in total. The second-order valence-electron chi connectivity index (χ2n) is 5.44. The van der Waals surface area contributed by atoms with E-state index >= 15 is 0 Å². The highest BCUT2D eigenvalue weighted by Gasteiger charge is 2.16. The van der Waals surface area contributed by atoms with Gasteiger partial charge >= 0.3 is 0 Å². The molecule has 0 radical (unpaired) electrons. The monoisotopic (exact) mass is 409 g/mol. The highest BCUT2D eigenvalue weighted by atomic mass is 35.5. The summed E-state index contributed by atoms with van der Waals surface area (Å²) in [5.41, 5.74) is 2.04.